The van der Waals surface area contributed by atoms with Crippen molar-refractivity contribution in [3.05, 3.63) is 22.4 Å². The Kier molecular flexibility index (Phi) is 6.43. The maximum atomic E-state index is 12.0. The first-order chi connectivity index (χ1) is 10.6. The Balaban J connectivity index is 1.62. The number of thiophene rings is 1. The van der Waals surface area contributed by atoms with E-state index in [4.69, 9.17) is 0 Å². The van der Waals surface area contributed by atoms with E-state index in [9.17, 15) is 9.59 Å². The molecule has 122 valence electrons. The van der Waals surface area contributed by atoms with E-state index in [1.807, 2.05) is 10.8 Å². The largest absolute Gasteiger partial charge is 0.353 e. The fourth-order valence-corrected chi connectivity index (χ4v) is 3.65. The summed E-state index contributed by atoms with van der Waals surface area (Å²) >= 11 is 1.51. The van der Waals surface area contributed by atoms with Crippen molar-refractivity contribution in [2.75, 3.05) is 6.54 Å². The van der Waals surface area contributed by atoms with Crippen molar-refractivity contribution < 1.29 is 9.59 Å². The molecule has 1 aromatic rings. The highest BCUT2D eigenvalue weighted by Crippen LogP contribution is 2.29. The Morgan fingerprint density at radius 1 is 1.32 bits per heavy atom. The van der Waals surface area contributed by atoms with E-state index in [0.29, 0.717) is 42.8 Å². The molecular formula is C17H26N2O2S. The molecule has 1 aliphatic carbocycles. The van der Waals surface area contributed by atoms with Crippen LogP contribution in [0.4, 0.5) is 0 Å². The van der Waals surface area contributed by atoms with E-state index in [0.717, 1.165) is 6.42 Å². The Morgan fingerprint density at radius 2 is 2.14 bits per heavy atom. The van der Waals surface area contributed by atoms with Crippen LogP contribution in [-0.2, 0) is 4.79 Å². The zero-order chi connectivity index (χ0) is 15.9. The molecule has 1 saturated carbocycles. The first-order valence-electron chi connectivity index (χ1n) is 8.17. The molecule has 3 atom stereocenters. The van der Waals surface area contributed by atoms with Gasteiger partial charge in [-0.25, -0.2) is 0 Å². The van der Waals surface area contributed by atoms with Gasteiger partial charge in [0.25, 0.3) is 5.91 Å². The standard InChI is InChI=1S/C17H26N2O2S/c1-12-5-3-6-15(13(12)2)19-16(20)7-4-9-18-17(21)14-8-10-22-11-14/h8,10-13,15H,3-7,9H2,1-2H3,(H,18,21)(H,19,20). The van der Waals surface area contributed by atoms with Crippen LogP contribution in [0.2, 0.25) is 0 Å². The lowest BCUT2D eigenvalue weighted by atomic mass is 9.78. The van der Waals surface area contributed by atoms with E-state index in [-0.39, 0.29) is 11.8 Å². The Bertz CT molecular complexity index is 487. The van der Waals surface area contributed by atoms with Gasteiger partial charge >= 0.3 is 0 Å². The molecule has 2 N–H and O–H groups in total. The zero-order valence-corrected chi connectivity index (χ0v) is 14.2. The highest BCUT2D eigenvalue weighted by atomic mass is 32.1. The third-order valence-electron chi connectivity index (χ3n) is 4.70. The minimum Gasteiger partial charge on any atom is -0.353 e. The molecule has 0 aromatic carbocycles. The minimum atomic E-state index is -0.0589. The Labute approximate surface area is 136 Å². The summed E-state index contributed by atoms with van der Waals surface area (Å²) in [6.07, 6.45) is 4.71. The molecular weight excluding hydrogens is 296 g/mol. The maximum Gasteiger partial charge on any atom is 0.252 e. The second kappa shape index (κ2) is 8.32. The fraction of sp³-hybridized carbons (Fsp3) is 0.647. The quantitative estimate of drug-likeness (QED) is 0.790. The summed E-state index contributed by atoms with van der Waals surface area (Å²) in [5, 5.41) is 9.72. The Hall–Kier alpha value is -1.36. The van der Waals surface area contributed by atoms with Gasteiger partial charge in [0.2, 0.25) is 5.91 Å². The molecule has 0 bridgehead atoms. The predicted molar refractivity (Wildman–Crippen MR) is 90.0 cm³/mol. The summed E-state index contributed by atoms with van der Waals surface area (Å²) in [5.41, 5.74) is 0.694. The van der Waals surface area contributed by atoms with Gasteiger partial charge < -0.3 is 10.6 Å². The normalized spacial score (nSPS) is 24.7. The van der Waals surface area contributed by atoms with Crippen LogP contribution >= 0.6 is 11.3 Å². The molecule has 3 unspecified atom stereocenters. The SMILES string of the molecule is CC1CCCC(NC(=O)CCCNC(=O)c2ccsc2)C1C. The van der Waals surface area contributed by atoms with Crippen molar-refractivity contribution in [3.63, 3.8) is 0 Å². The molecule has 2 rings (SSSR count). The summed E-state index contributed by atoms with van der Waals surface area (Å²) in [6, 6.07) is 2.12. The first-order valence-corrected chi connectivity index (χ1v) is 9.12. The van der Waals surface area contributed by atoms with Crippen LogP contribution in [-0.4, -0.2) is 24.4 Å². The van der Waals surface area contributed by atoms with Gasteiger partial charge in [-0.15, -0.1) is 0 Å². The third kappa shape index (κ3) is 4.83. The van der Waals surface area contributed by atoms with Gasteiger partial charge in [-0.1, -0.05) is 26.7 Å². The van der Waals surface area contributed by atoms with Crippen LogP contribution in [0, 0.1) is 11.8 Å². The summed E-state index contributed by atoms with van der Waals surface area (Å²) < 4.78 is 0. The molecule has 1 aromatic heterocycles. The van der Waals surface area contributed by atoms with Crippen LogP contribution in [0.3, 0.4) is 0 Å². The number of rotatable bonds is 6. The summed E-state index contributed by atoms with van der Waals surface area (Å²) in [5.74, 6) is 1.28. The highest BCUT2D eigenvalue weighted by molar-refractivity contribution is 7.08. The fourth-order valence-electron chi connectivity index (χ4n) is 3.01. The van der Waals surface area contributed by atoms with Crippen molar-refractivity contribution in [2.45, 2.75) is 52.0 Å². The van der Waals surface area contributed by atoms with Crippen molar-refractivity contribution in [1.82, 2.24) is 10.6 Å². The number of carbonyl (C=O) groups is 2. The summed E-state index contributed by atoms with van der Waals surface area (Å²) in [7, 11) is 0. The van der Waals surface area contributed by atoms with Crippen molar-refractivity contribution in [1.29, 1.82) is 0 Å². The number of amides is 2. The third-order valence-corrected chi connectivity index (χ3v) is 5.39. The minimum absolute atomic E-state index is 0.0589. The lowest BCUT2D eigenvalue weighted by Gasteiger charge is -2.34. The molecule has 0 radical (unpaired) electrons. The van der Waals surface area contributed by atoms with E-state index in [1.165, 1.54) is 24.2 Å². The highest BCUT2D eigenvalue weighted by Gasteiger charge is 2.27. The number of hydrogen-bond donors (Lipinski definition) is 2. The van der Waals surface area contributed by atoms with E-state index >= 15 is 0 Å². The van der Waals surface area contributed by atoms with Crippen molar-refractivity contribution in [3.8, 4) is 0 Å². The van der Waals surface area contributed by atoms with E-state index in [2.05, 4.69) is 24.5 Å². The van der Waals surface area contributed by atoms with Gasteiger partial charge in [-0.2, -0.15) is 11.3 Å². The molecule has 0 spiro atoms. The van der Waals surface area contributed by atoms with Gasteiger partial charge in [-0.05, 0) is 36.1 Å². The van der Waals surface area contributed by atoms with Gasteiger partial charge in [0.15, 0.2) is 0 Å². The number of hydrogen-bond acceptors (Lipinski definition) is 3. The van der Waals surface area contributed by atoms with Crippen LogP contribution in [0.1, 0.15) is 56.3 Å². The second-order valence-corrected chi connectivity index (χ2v) is 7.09. The molecule has 5 heteroatoms. The molecule has 0 saturated heterocycles. The molecule has 0 aliphatic heterocycles. The molecule has 1 heterocycles. The van der Waals surface area contributed by atoms with E-state index < -0.39 is 0 Å². The average Bonchev–Trinajstić information content (AvgIpc) is 3.02. The molecule has 1 fully saturated rings. The lowest BCUT2D eigenvalue weighted by molar-refractivity contribution is -0.122. The topological polar surface area (TPSA) is 58.2 Å². The zero-order valence-electron chi connectivity index (χ0n) is 13.4. The van der Waals surface area contributed by atoms with Crippen LogP contribution < -0.4 is 10.6 Å². The monoisotopic (exact) mass is 322 g/mol. The smallest absolute Gasteiger partial charge is 0.252 e. The number of carbonyl (C=O) groups excluding carboxylic acids is 2. The Morgan fingerprint density at radius 3 is 2.86 bits per heavy atom. The van der Waals surface area contributed by atoms with Gasteiger partial charge in [0, 0.05) is 30.0 Å². The molecule has 1 aliphatic rings. The molecule has 22 heavy (non-hydrogen) atoms. The van der Waals surface area contributed by atoms with Crippen LogP contribution in [0.25, 0.3) is 0 Å². The first kappa shape index (κ1) is 17.0. The van der Waals surface area contributed by atoms with Crippen molar-refractivity contribution in [2.24, 2.45) is 11.8 Å². The van der Waals surface area contributed by atoms with Gasteiger partial charge in [-0.3, -0.25) is 9.59 Å². The van der Waals surface area contributed by atoms with Crippen LogP contribution in [0.5, 0.6) is 0 Å². The molecule has 4 nitrogen and oxygen atoms in total. The average molecular weight is 322 g/mol. The van der Waals surface area contributed by atoms with Crippen molar-refractivity contribution >= 4 is 23.2 Å². The number of nitrogens with one attached hydrogen (secondary N) is 2. The molecule has 2 amide bonds. The van der Waals surface area contributed by atoms with Gasteiger partial charge in [0.1, 0.15) is 0 Å². The summed E-state index contributed by atoms with van der Waals surface area (Å²) in [6.45, 7) is 5.04. The lowest BCUT2D eigenvalue weighted by Crippen LogP contribution is -2.43. The predicted octanol–water partition coefficient (Wildman–Crippen LogP) is 3.20. The summed E-state index contributed by atoms with van der Waals surface area (Å²) in [4.78, 5) is 23.8. The van der Waals surface area contributed by atoms with Crippen LogP contribution in [0.15, 0.2) is 16.8 Å². The maximum absolute atomic E-state index is 12.0. The second-order valence-electron chi connectivity index (χ2n) is 6.31. The van der Waals surface area contributed by atoms with E-state index in [1.54, 1.807) is 6.07 Å². The van der Waals surface area contributed by atoms with Gasteiger partial charge in [0.05, 0.1) is 0 Å².